The standard InChI is InChI=1S/C64H118N11O50P/c76-9-26(82)36(94)42(100)48(106)54(112)60(118)72-22-64(20-70-58(116)52(110)46(104)40(98)30(86)13-80,21-71-59(117)53(111)47(105)41(99)31(87)14-81)16-66-33(89)6-25(62(121)122)75(8-35(92)93)4-2-73(23-126(123,124)125)1-3-74(7-34(90)91)24(61(119)120)5-32(88)65-15-63(17-67-55(113)49(107)43(101)37(95)27(83)10-77,18-68-56(114)50(108)44(102)38(96)28(84)11-78)19-69-57(115)51(109)45(103)39(97)29(85)12-79/h24-31,36-54,76-87,94-112H,1-23H2,(H,65,88)(H,66,89)(H,67,113)(H,68,114)(H,69,115)(H,70,116)(H,71,117)(H,72,118)(H,90,91)(H,92,93)(H,119,120)(H,121,122)(H2,123,124,125)/t24-,25-,26?,27?,28?,29?,30?,31?,36?,37?,38?,39?,40?,41?,42?,43?,44?,45?,46?,47?,48?,49?,50?,51?,52?,53?,54?,63?,64?/m0/s1. The average Bonchev–Trinajstić information content (AvgIpc) is 0.827. The summed E-state index contributed by atoms with van der Waals surface area (Å²) in [6.45, 7) is -25.5. The van der Waals surface area contributed by atoms with Crippen LogP contribution in [0.25, 0.3) is 0 Å². The molecule has 0 rings (SSSR count). The summed E-state index contributed by atoms with van der Waals surface area (Å²) in [5.74, 6) is -22.2. The second-order valence-electron chi connectivity index (χ2n) is 29.2. The van der Waals surface area contributed by atoms with Crippen molar-refractivity contribution in [1.82, 2.24) is 57.2 Å². The van der Waals surface area contributed by atoms with Gasteiger partial charge in [0.15, 0.2) is 36.6 Å². The molecule has 0 aromatic rings. The predicted molar refractivity (Wildman–Crippen MR) is 401 cm³/mol. The summed E-state index contributed by atoms with van der Waals surface area (Å²) in [5.41, 5.74) is -5.12. The van der Waals surface area contributed by atoms with Gasteiger partial charge in [-0.15, -0.1) is 0 Å². The van der Waals surface area contributed by atoms with Gasteiger partial charge in [-0.05, 0) is 0 Å². The Kier molecular flexibility index (Phi) is 53.4. The Bertz CT molecular complexity index is 3290. The summed E-state index contributed by atoms with van der Waals surface area (Å²) in [6.07, 6.45) is -69.6. The summed E-state index contributed by atoms with van der Waals surface area (Å²) in [5, 5.41) is 371. The van der Waals surface area contributed by atoms with Gasteiger partial charge in [0.25, 0.3) is 35.4 Å². The van der Waals surface area contributed by atoms with Crippen LogP contribution in [-0.2, 0) is 62.1 Å². The molecule has 0 aliphatic rings. The minimum absolute atomic E-state index is 0.398. The summed E-state index contributed by atoms with van der Waals surface area (Å²) < 4.78 is 12.7. The SMILES string of the molecule is O=C(O)CN(CCN(CCN(CC(=O)O)[C@@H](CC(=O)NCC(CNC(=O)C(O)C(O)C(O)C(O)CO)(CNC(=O)C(O)C(O)C(O)C(O)CO)CNC(=O)C(O)C(O)C(O)C(O)C(O)CO)C(=O)O)CP(=O)(O)O)[C@@H](CC(=O)NCC(CNC(=O)C(O)C(O)C(O)C(O)CO)(CNC(=O)C(O)C(O)C(O)C(O)CO)CNC(=O)C(O)C(O)C(O)C(O)CO)C(=O)O. The number of carboxylic acid groups (broad SMARTS) is 4. The van der Waals surface area contributed by atoms with Crippen molar-refractivity contribution in [2.75, 3.05) is 138 Å². The van der Waals surface area contributed by atoms with Crippen molar-refractivity contribution in [1.29, 1.82) is 0 Å². The minimum Gasteiger partial charge on any atom is -0.480 e. The molecule has 62 heteroatoms. The van der Waals surface area contributed by atoms with Crippen molar-refractivity contribution in [2.24, 2.45) is 10.8 Å². The molecule has 0 fully saturated rings. The number of nitrogens with one attached hydrogen (secondary N) is 8. The second-order valence-corrected chi connectivity index (χ2v) is 30.8. The summed E-state index contributed by atoms with van der Waals surface area (Å²) in [7, 11) is -5.49. The highest BCUT2D eigenvalue weighted by Gasteiger charge is 2.46. The van der Waals surface area contributed by atoms with E-state index in [4.69, 9.17) is 0 Å². The Labute approximate surface area is 710 Å². The lowest BCUT2D eigenvalue weighted by Crippen LogP contribution is -2.61. The van der Waals surface area contributed by atoms with E-state index in [1.165, 1.54) is 0 Å². The smallest absolute Gasteiger partial charge is 0.339 e. The van der Waals surface area contributed by atoms with Crippen LogP contribution in [0.3, 0.4) is 0 Å². The molecule has 734 valence electrons. The Morgan fingerprint density at radius 3 is 0.627 bits per heavy atom. The topological polar surface area (TPSA) is 1080 Å². The first-order valence-electron chi connectivity index (χ1n) is 37.3. The Hall–Kier alpha value is -7.57. The van der Waals surface area contributed by atoms with Crippen LogP contribution in [0.4, 0.5) is 0 Å². The third-order valence-corrected chi connectivity index (χ3v) is 20.1. The molecule has 8 amide bonds. The molecule has 0 aliphatic carbocycles. The zero-order valence-corrected chi connectivity index (χ0v) is 67.4. The maximum atomic E-state index is 14.2. The van der Waals surface area contributed by atoms with E-state index in [0.29, 0.717) is 14.7 Å². The fraction of sp³-hybridized carbons (Fsp3) is 0.812. The number of nitrogens with zero attached hydrogens (tertiary/aromatic N) is 3. The van der Waals surface area contributed by atoms with Crippen LogP contribution >= 0.6 is 7.60 Å². The van der Waals surface area contributed by atoms with Gasteiger partial charge >= 0.3 is 31.5 Å². The van der Waals surface area contributed by atoms with Crippen LogP contribution in [0.5, 0.6) is 0 Å². The zero-order valence-electron chi connectivity index (χ0n) is 66.5. The van der Waals surface area contributed by atoms with Gasteiger partial charge in [-0.1, -0.05) is 0 Å². The summed E-state index contributed by atoms with van der Waals surface area (Å²) >= 11 is 0. The van der Waals surface area contributed by atoms with Crippen LogP contribution in [0, 0.1) is 10.8 Å². The molecular formula is C64H118N11O50P. The van der Waals surface area contributed by atoms with Gasteiger partial charge in [0.2, 0.25) is 11.8 Å². The first-order chi connectivity index (χ1) is 58.3. The van der Waals surface area contributed by atoms with Crippen molar-refractivity contribution in [2.45, 2.75) is 178 Å². The number of aliphatic hydroxyl groups excluding tert-OH is 31. The van der Waals surface area contributed by atoms with E-state index in [1.54, 1.807) is 0 Å². The lowest BCUT2D eigenvalue weighted by Gasteiger charge is -2.37. The molecule has 0 bridgehead atoms. The van der Waals surface area contributed by atoms with Gasteiger partial charge in [-0.2, -0.15) is 0 Å². The molecule has 0 heterocycles. The van der Waals surface area contributed by atoms with E-state index < -0.39 is 405 Å². The molecule has 27 atom stereocenters. The molecule has 0 aromatic carbocycles. The monoisotopic (exact) mass is 1870 g/mol. The minimum atomic E-state index is -5.49. The van der Waals surface area contributed by atoms with Crippen molar-refractivity contribution in [3.8, 4) is 0 Å². The molecule has 0 saturated heterocycles. The number of aliphatic hydroxyl groups is 31. The highest BCUT2D eigenvalue weighted by molar-refractivity contribution is 7.51. The third kappa shape index (κ3) is 39.0. The highest BCUT2D eigenvalue weighted by atomic mass is 31.2. The maximum absolute atomic E-state index is 14.2. The van der Waals surface area contributed by atoms with Gasteiger partial charge in [0, 0.05) is 89.4 Å². The van der Waals surface area contributed by atoms with E-state index in [2.05, 4.69) is 10.6 Å². The van der Waals surface area contributed by atoms with Crippen LogP contribution < -0.4 is 42.5 Å². The molecule has 126 heavy (non-hydrogen) atoms. The molecule has 0 aliphatic heterocycles. The van der Waals surface area contributed by atoms with Gasteiger partial charge in [0.05, 0.1) is 65.6 Å². The third-order valence-electron chi connectivity index (χ3n) is 19.3. The molecule has 0 spiro atoms. The molecule has 0 radical (unpaired) electrons. The summed E-state index contributed by atoms with van der Waals surface area (Å²) in [6, 6.07) is -4.98. The van der Waals surface area contributed by atoms with Crippen molar-refractivity contribution in [3.63, 3.8) is 0 Å². The first-order valence-corrected chi connectivity index (χ1v) is 39.1. The van der Waals surface area contributed by atoms with E-state index in [9.17, 15) is 251 Å². The fourth-order valence-corrected chi connectivity index (χ4v) is 12.0. The predicted octanol–water partition coefficient (Wildman–Crippen LogP) is -28.2. The van der Waals surface area contributed by atoms with E-state index in [-0.39, 0.29) is 0 Å². The second kappa shape index (κ2) is 56.8. The van der Waals surface area contributed by atoms with E-state index in [1.807, 2.05) is 31.9 Å². The van der Waals surface area contributed by atoms with Crippen LogP contribution in [0.1, 0.15) is 12.8 Å². The maximum Gasteiger partial charge on any atom is 0.339 e. The number of amides is 8. The van der Waals surface area contributed by atoms with Gasteiger partial charge in [-0.25, -0.2) is 0 Å². The molecule has 61 nitrogen and oxygen atoms in total. The van der Waals surface area contributed by atoms with Crippen molar-refractivity contribution >= 4 is 78.7 Å². The van der Waals surface area contributed by atoms with Gasteiger partial charge in [-0.3, -0.25) is 76.8 Å². The molecule has 0 saturated carbocycles. The van der Waals surface area contributed by atoms with Crippen LogP contribution in [-0.4, -0.2) is 577 Å². The van der Waals surface area contributed by atoms with Gasteiger partial charge < -0.3 is 231 Å². The number of aliphatic carboxylic acids is 4. The number of rotatable bonds is 67. The van der Waals surface area contributed by atoms with E-state index in [0.717, 1.165) is 0 Å². The summed E-state index contributed by atoms with van der Waals surface area (Å²) in [4.78, 5) is 182. The van der Waals surface area contributed by atoms with Crippen LogP contribution in [0.15, 0.2) is 0 Å². The average molecular weight is 1870 g/mol. The van der Waals surface area contributed by atoms with Gasteiger partial charge in [0.1, 0.15) is 134 Å². The largest absolute Gasteiger partial charge is 0.480 e. The van der Waals surface area contributed by atoms with Crippen LogP contribution in [0.2, 0.25) is 0 Å². The Morgan fingerprint density at radius 1 is 0.270 bits per heavy atom. The Balaban J connectivity index is 8.18. The fourth-order valence-electron chi connectivity index (χ4n) is 11.2. The van der Waals surface area contributed by atoms with Crippen molar-refractivity contribution in [3.05, 3.63) is 0 Å². The molecule has 25 unspecified atom stereocenters. The Morgan fingerprint density at radius 2 is 0.452 bits per heavy atom. The number of hydrogen-bond acceptors (Lipinski definition) is 47. The number of hydrogen-bond donors (Lipinski definition) is 45. The number of carboxylic acids is 4. The van der Waals surface area contributed by atoms with E-state index >= 15 is 0 Å². The number of carbonyl (C=O) groups is 12. The normalized spacial score (nSPS) is 19.6. The lowest BCUT2D eigenvalue weighted by molar-refractivity contribution is -0.157. The molecule has 45 N–H and O–H groups in total. The highest BCUT2D eigenvalue weighted by Crippen LogP contribution is 2.35. The zero-order chi connectivity index (χ0) is 97.7. The number of carbonyl (C=O) groups excluding carboxylic acids is 8. The lowest BCUT2D eigenvalue weighted by atomic mass is 9.86. The first kappa shape index (κ1) is 118. The molecule has 0 aromatic heterocycles. The quantitative estimate of drug-likeness (QED) is 0.0251. The van der Waals surface area contributed by atoms with Crippen molar-refractivity contribution < 1.29 is 251 Å². The molecular weight excluding hydrogens is 1750 g/mol.